The third-order valence-electron chi connectivity index (χ3n) is 6.01. The minimum atomic E-state index is -0.847. The predicted molar refractivity (Wildman–Crippen MR) is 140 cm³/mol. The molecule has 2 N–H and O–H groups in total. The number of likely N-dealkylation sites (tertiary alicyclic amines) is 1. The van der Waals surface area contributed by atoms with Gasteiger partial charge in [0.25, 0.3) is 0 Å². The Bertz CT molecular complexity index is 1190. The van der Waals surface area contributed by atoms with Crippen molar-refractivity contribution in [2.45, 2.75) is 12.8 Å². The van der Waals surface area contributed by atoms with Gasteiger partial charge in [0.05, 0.1) is 17.7 Å². The third-order valence-corrected chi connectivity index (χ3v) is 6.31. The van der Waals surface area contributed by atoms with E-state index in [1.54, 1.807) is 0 Å². The summed E-state index contributed by atoms with van der Waals surface area (Å²) in [6.07, 6.45) is 10.8. The van der Waals surface area contributed by atoms with Gasteiger partial charge in [-0.3, -0.25) is 0 Å². The molecular weight excluding hydrogens is 488 g/mol. The van der Waals surface area contributed by atoms with E-state index in [0.29, 0.717) is 24.3 Å². The number of hydrogen-bond donors (Lipinski definition) is 2. The lowest BCUT2D eigenvalue weighted by molar-refractivity contribution is 0.381. The number of aromatic nitrogens is 2. The number of methoxy groups -OCH3 is 1. The van der Waals surface area contributed by atoms with Gasteiger partial charge in [0.1, 0.15) is 22.9 Å². The van der Waals surface area contributed by atoms with Crippen LogP contribution < -0.4 is 15.0 Å². The van der Waals surface area contributed by atoms with E-state index in [9.17, 15) is 9.50 Å². The number of benzene rings is 2. The molecule has 192 valence electrons. The lowest BCUT2D eigenvalue weighted by Gasteiger charge is -2.29. The molecule has 10 heteroatoms. The lowest BCUT2D eigenvalue weighted by Crippen LogP contribution is -2.44. The van der Waals surface area contributed by atoms with E-state index < -0.39 is 17.4 Å². The van der Waals surface area contributed by atoms with E-state index >= 15 is 4.39 Å². The fraction of sp³-hybridized carbons (Fsp3) is 0.385. The van der Waals surface area contributed by atoms with Crippen LogP contribution in [0.1, 0.15) is 12.8 Å². The van der Waals surface area contributed by atoms with Gasteiger partial charge in [0, 0.05) is 37.1 Å². The molecule has 5 rings (SSSR count). The van der Waals surface area contributed by atoms with Gasteiger partial charge >= 0.3 is 6.01 Å². The largest absolute Gasteiger partial charge is 0.507 e. The van der Waals surface area contributed by atoms with Crippen LogP contribution >= 0.6 is 11.6 Å². The Labute approximate surface area is 215 Å². The van der Waals surface area contributed by atoms with Gasteiger partial charge in [-0.15, -0.1) is 12.8 Å². The zero-order valence-electron chi connectivity index (χ0n) is 20.4. The van der Waals surface area contributed by atoms with Gasteiger partial charge in [-0.05, 0) is 51.2 Å². The lowest BCUT2D eigenvalue weighted by atomic mass is 10.0. The summed E-state index contributed by atoms with van der Waals surface area (Å²) >= 11 is 6.34. The highest BCUT2D eigenvalue weighted by Gasteiger charge is 2.25. The summed E-state index contributed by atoms with van der Waals surface area (Å²) in [6.45, 7) is 5.49. The Hall–Kier alpha value is -3.19. The van der Waals surface area contributed by atoms with Gasteiger partial charge < -0.3 is 25.0 Å². The molecule has 0 saturated carbocycles. The maximum Gasteiger partial charge on any atom is 0.318 e. The van der Waals surface area contributed by atoms with Crippen LogP contribution in [0.3, 0.4) is 0 Å². The van der Waals surface area contributed by atoms with E-state index in [-0.39, 0.29) is 27.7 Å². The van der Waals surface area contributed by atoms with Crippen LogP contribution in [0.5, 0.6) is 11.8 Å². The van der Waals surface area contributed by atoms with Crippen molar-refractivity contribution in [1.82, 2.24) is 20.2 Å². The smallest absolute Gasteiger partial charge is 0.318 e. The van der Waals surface area contributed by atoms with Crippen molar-refractivity contribution in [2.24, 2.45) is 0 Å². The number of phenolic OH excluding ortho intramolecular Hbond substituents is 1. The fourth-order valence-electron chi connectivity index (χ4n) is 4.23. The van der Waals surface area contributed by atoms with Gasteiger partial charge in [-0.1, -0.05) is 17.7 Å². The first kappa shape index (κ1) is 27.4. The number of aromatic hydroxyl groups is 1. The average Bonchev–Trinajstić information content (AvgIpc) is 3.38. The molecule has 0 amide bonds. The molecule has 3 heterocycles. The maximum absolute atomic E-state index is 15.5. The summed E-state index contributed by atoms with van der Waals surface area (Å²) in [5.41, 5.74) is -0.618. The Morgan fingerprint density at radius 2 is 1.72 bits per heavy atom. The van der Waals surface area contributed by atoms with Crippen LogP contribution in [0, 0.1) is 24.5 Å². The Morgan fingerprint density at radius 3 is 2.28 bits per heavy atom. The molecular formula is C26H30ClF2N5O2. The van der Waals surface area contributed by atoms with E-state index in [1.165, 1.54) is 51.2 Å². The monoisotopic (exact) mass is 517 g/mol. The van der Waals surface area contributed by atoms with E-state index in [4.69, 9.17) is 16.3 Å². The molecule has 7 nitrogen and oxygen atoms in total. The number of anilines is 1. The molecule has 2 aliphatic rings. The summed E-state index contributed by atoms with van der Waals surface area (Å²) in [5, 5.41) is 13.7. The first-order valence-corrected chi connectivity index (χ1v) is 12.0. The van der Waals surface area contributed by atoms with Crippen molar-refractivity contribution >= 4 is 28.3 Å². The first-order valence-electron chi connectivity index (χ1n) is 11.6. The minimum Gasteiger partial charge on any atom is -0.507 e. The maximum atomic E-state index is 15.5. The zero-order chi connectivity index (χ0) is 26.2. The molecule has 0 aliphatic carbocycles. The molecule has 0 spiro atoms. The number of phenols is 1. The molecule has 0 bridgehead atoms. The Balaban J connectivity index is 0.000000390. The highest BCUT2D eigenvalue weighted by Crippen LogP contribution is 2.42. The predicted octanol–water partition coefficient (Wildman–Crippen LogP) is 4.31. The summed E-state index contributed by atoms with van der Waals surface area (Å²) in [6, 6.07) is 5.21. The molecule has 1 aromatic heterocycles. The number of halogens is 3. The Morgan fingerprint density at radius 1 is 1.06 bits per heavy atom. The molecule has 3 aromatic rings. The van der Waals surface area contributed by atoms with Crippen molar-refractivity contribution in [1.29, 1.82) is 0 Å². The number of nitrogens with one attached hydrogen (secondary N) is 1. The Kier molecular flexibility index (Phi) is 9.65. The summed E-state index contributed by atoms with van der Waals surface area (Å²) < 4.78 is 35.0. The van der Waals surface area contributed by atoms with Crippen molar-refractivity contribution in [2.75, 3.05) is 58.3 Å². The van der Waals surface area contributed by atoms with Gasteiger partial charge in [0.2, 0.25) is 0 Å². The topological polar surface area (TPSA) is 73.8 Å². The van der Waals surface area contributed by atoms with E-state index in [2.05, 4.69) is 40.1 Å². The van der Waals surface area contributed by atoms with Crippen molar-refractivity contribution in [3.05, 3.63) is 40.9 Å². The summed E-state index contributed by atoms with van der Waals surface area (Å²) in [7, 11) is 3.56. The molecule has 0 radical (unpaired) electrons. The van der Waals surface area contributed by atoms with Crippen LogP contribution in [-0.2, 0) is 0 Å². The molecule has 2 aromatic carbocycles. The number of rotatable bonds is 3. The SMILES string of the molecule is C#C.CN1CCCC1.COc1nc(N2CCNCC2)c2cc(Cl)c(-c3c(O)cccc3F)c(F)c2n1. The van der Waals surface area contributed by atoms with Gasteiger partial charge in [0.15, 0.2) is 5.82 Å². The first-order chi connectivity index (χ1) is 17.4. The second-order valence-electron chi connectivity index (χ2n) is 8.36. The van der Waals surface area contributed by atoms with Gasteiger partial charge in [-0.25, -0.2) is 8.78 Å². The van der Waals surface area contributed by atoms with Crippen LogP contribution in [0.2, 0.25) is 5.02 Å². The van der Waals surface area contributed by atoms with Crippen LogP contribution in [0.25, 0.3) is 22.0 Å². The van der Waals surface area contributed by atoms with Crippen LogP contribution in [0.15, 0.2) is 24.3 Å². The molecule has 2 saturated heterocycles. The van der Waals surface area contributed by atoms with Crippen LogP contribution in [-0.4, -0.2) is 73.4 Å². The quantitative estimate of drug-likeness (QED) is 0.501. The minimum absolute atomic E-state index is 0.00837. The standard InChI is InChI=1S/C19H17ClF2N4O2.C5H11N.C2H2/c1-28-19-24-17-10(18(25-19)26-7-5-23-6-8-26)9-11(20)14(16(17)22)15-12(21)3-2-4-13(15)27;1-6-4-2-3-5-6;1-2/h2-4,9,23,27H,5-8H2,1H3;2-5H2,1H3;1-2H. The number of hydrogen-bond acceptors (Lipinski definition) is 7. The van der Waals surface area contributed by atoms with E-state index in [1.807, 2.05) is 4.90 Å². The average molecular weight is 518 g/mol. The van der Waals surface area contributed by atoms with Gasteiger partial charge in [-0.2, -0.15) is 9.97 Å². The second kappa shape index (κ2) is 12.7. The van der Waals surface area contributed by atoms with Crippen molar-refractivity contribution < 1.29 is 18.6 Å². The highest BCUT2D eigenvalue weighted by molar-refractivity contribution is 6.34. The molecule has 36 heavy (non-hydrogen) atoms. The summed E-state index contributed by atoms with van der Waals surface area (Å²) in [5.74, 6) is -1.56. The zero-order valence-corrected chi connectivity index (χ0v) is 21.2. The van der Waals surface area contributed by atoms with Crippen molar-refractivity contribution in [3.8, 4) is 35.7 Å². The second-order valence-corrected chi connectivity index (χ2v) is 8.77. The summed E-state index contributed by atoms with van der Waals surface area (Å²) in [4.78, 5) is 12.8. The molecule has 2 fully saturated rings. The normalized spacial score (nSPS) is 15.6. The number of ether oxygens (including phenoxy) is 1. The number of nitrogens with zero attached hydrogens (tertiary/aromatic N) is 4. The molecule has 0 atom stereocenters. The fourth-order valence-corrected chi connectivity index (χ4v) is 4.52. The molecule has 0 unspecified atom stereocenters. The molecule has 2 aliphatic heterocycles. The van der Waals surface area contributed by atoms with Crippen LogP contribution in [0.4, 0.5) is 14.6 Å². The number of piperazine rings is 1. The van der Waals surface area contributed by atoms with E-state index in [0.717, 1.165) is 19.2 Å². The number of terminal acetylenes is 1. The third kappa shape index (κ3) is 5.95. The number of fused-ring (bicyclic) bond motifs is 1. The van der Waals surface area contributed by atoms with Crippen molar-refractivity contribution in [3.63, 3.8) is 0 Å². The highest BCUT2D eigenvalue weighted by atomic mass is 35.5.